The van der Waals surface area contributed by atoms with E-state index in [1.165, 1.54) is 6.42 Å². The first-order chi connectivity index (χ1) is 7.77. The summed E-state index contributed by atoms with van der Waals surface area (Å²) >= 11 is 0. The molecule has 0 radical (unpaired) electrons. The molecule has 0 aliphatic carbocycles. The molecule has 4 nitrogen and oxygen atoms in total. The van der Waals surface area contributed by atoms with Crippen molar-refractivity contribution in [2.24, 2.45) is 5.92 Å². The molecule has 1 aliphatic heterocycles. The lowest BCUT2D eigenvalue weighted by Crippen LogP contribution is -2.30. The molecule has 1 aromatic heterocycles. The maximum atomic E-state index is 4.35. The second-order valence-corrected chi connectivity index (χ2v) is 4.60. The number of hydrogen-bond donors (Lipinski definition) is 1. The molecule has 2 atom stereocenters. The normalized spacial score (nSPS) is 21.2. The first-order valence-electron chi connectivity index (χ1n) is 5.94. The summed E-state index contributed by atoms with van der Waals surface area (Å²) in [6, 6.07) is 0.342. The van der Waals surface area contributed by atoms with Crippen LogP contribution in [0.2, 0.25) is 0 Å². The van der Waals surface area contributed by atoms with Crippen LogP contribution in [0.4, 0.5) is 0 Å². The SMILES string of the molecule is CC(c1cnccn1)N(C)CC1CCNC1.Cl. The molecule has 0 spiro atoms. The van der Waals surface area contributed by atoms with Crippen LogP contribution >= 0.6 is 12.4 Å². The highest BCUT2D eigenvalue weighted by molar-refractivity contribution is 5.85. The first-order valence-corrected chi connectivity index (χ1v) is 5.94. The largest absolute Gasteiger partial charge is 0.316 e. The monoisotopic (exact) mass is 256 g/mol. The number of aromatic nitrogens is 2. The van der Waals surface area contributed by atoms with Crippen LogP contribution in [-0.2, 0) is 0 Å². The lowest BCUT2D eigenvalue weighted by molar-refractivity contribution is 0.222. The van der Waals surface area contributed by atoms with Crippen molar-refractivity contribution in [1.29, 1.82) is 0 Å². The fraction of sp³-hybridized carbons (Fsp3) is 0.667. The summed E-state index contributed by atoms with van der Waals surface area (Å²) in [4.78, 5) is 10.8. The predicted molar refractivity (Wildman–Crippen MR) is 71.3 cm³/mol. The number of nitrogens with zero attached hydrogens (tertiary/aromatic N) is 3. The average Bonchev–Trinajstić information content (AvgIpc) is 2.82. The quantitative estimate of drug-likeness (QED) is 0.887. The van der Waals surface area contributed by atoms with E-state index in [0.717, 1.165) is 31.2 Å². The molecule has 1 aliphatic rings. The van der Waals surface area contributed by atoms with Gasteiger partial charge in [0.15, 0.2) is 0 Å². The van der Waals surface area contributed by atoms with Crippen molar-refractivity contribution in [2.75, 3.05) is 26.7 Å². The van der Waals surface area contributed by atoms with Gasteiger partial charge in [-0.25, -0.2) is 0 Å². The lowest BCUT2D eigenvalue weighted by atomic mass is 10.1. The Morgan fingerprint density at radius 1 is 1.53 bits per heavy atom. The molecule has 1 fully saturated rings. The number of hydrogen-bond acceptors (Lipinski definition) is 4. The summed E-state index contributed by atoms with van der Waals surface area (Å²) in [7, 11) is 2.16. The van der Waals surface area contributed by atoms with Gasteiger partial charge in [-0.15, -0.1) is 12.4 Å². The molecule has 1 aromatic rings. The van der Waals surface area contributed by atoms with Crippen LogP contribution in [0.5, 0.6) is 0 Å². The van der Waals surface area contributed by atoms with E-state index < -0.39 is 0 Å². The third kappa shape index (κ3) is 3.91. The Morgan fingerprint density at radius 2 is 2.35 bits per heavy atom. The number of nitrogens with one attached hydrogen (secondary N) is 1. The molecule has 0 aromatic carbocycles. The molecule has 1 N–H and O–H groups in total. The summed E-state index contributed by atoms with van der Waals surface area (Å²) in [5.74, 6) is 0.782. The van der Waals surface area contributed by atoms with Crippen LogP contribution in [0, 0.1) is 5.92 Å². The van der Waals surface area contributed by atoms with E-state index in [4.69, 9.17) is 0 Å². The topological polar surface area (TPSA) is 41.1 Å². The second kappa shape index (κ2) is 6.89. The smallest absolute Gasteiger partial charge is 0.0755 e. The molecule has 0 bridgehead atoms. The maximum absolute atomic E-state index is 4.35. The number of halogens is 1. The van der Waals surface area contributed by atoms with Gasteiger partial charge in [0.25, 0.3) is 0 Å². The second-order valence-electron chi connectivity index (χ2n) is 4.60. The third-order valence-corrected chi connectivity index (χ3v) is 3.38. The molecule has 96 valence electrons. The Balaban J connectivity index is 0.00000144. The fourth-order valence-electron chi connectivity index (χ4n) is 2.19. The van der Waals surface area contributed by atoms with Crippen LogP contribution in [0.25, 0.3) is 0 Å². The lowest BCUT2D eigenvalue weighted by Gasteiger charge is -2.26. The minimum absolute atomic E-state index is 0. The highest BCUT2D eigenvalue weighted by atomic mass is 35.5. The fourth-order valence-corrected chi connectivity index (χ4v) is 2.19. The van der Waals surface area contributed by atoms with Crippen LogP contribution < -0.4 is 5.32 Å². The van der Waals surface area contributed by atoms with Crippen molar-refractivity contribution in [3.8, 4) is 0 Å². The molecule has 2 heterocycles. The molecular weight excluding hydrogens is 236 g/mol. The van der Waals surface area contributed by atoms with E-state index in [-0.39, 0.29) is 12.4 Å². The summed E-state index contributed by atoms with van der Waals surface area (Å²) in [5.41, 5.74) is 1.05. The van der Waals surface area contributed by atoms with Crippen LogP contribution in [0.15, 0.2) is 18.6 Å². The van der Waals surface area contributed by atoms with Crippen molar-refractivity contribution in [1.82, 2.24) is 20.2 Å². The van der Waals surface area contributed by atoms with Crippen molar-refractivity contribution in [3.05, 3.63) is 24.3 Å². The molecule has 0 saturated carbocycles. The predicted octanol–water partition coefficient (Wildman–Crippen LogP) is 1.50. The van der Waals surface area contributed by atoms with Crippen molar-refractivity contribution >= 4 is 12.4 Å². The highest BCUT2D eigenvalue weighted by Gasteiger charge is 2.20. The van der Waals surface area contributed by atoms with Crippen LogP contribution in [0.3, 0.4) is 0 Å². The Kier molecular flexibility index (Phi) is 5.82. The van der Waals surface area contributed by atoms with Crippen molar-refractivity contribution in [3.63, 3.8) is 0 Å². The van der Waals surface area contributed by atoms with E-state index in [1.54, 1.807) is 12.4 Å². The van der Waals surface area contributed by atoms with E-state index in [9.17, 15) is 0 Å². The average molecular weight is 257 g/mol. The first kappa shape index (κ1) is 14.4. The summed E-state index contributed by atoms with van der Waals surface area (Å²) in [5, 5.41) is 3.40. The summed E-state index contributed by atoms with van der Waals surface area (Å²) in [6.07, 6.45) is 6.62. The Labute approximate surface area is 109 Å². The van der Waals surface area contributed by atoms with Crippen molar-refractivity contribution < 1.29 is 0 Å². The Morgan fingerprint density at radius 3 is 2.94 bits per heavy atom. The molecule has 0 amide bonds. The molecule has 2 unspecified atom stereocenters. The zero-order valence-corrected chi connectivity index (χ0v) is 11.3. The Hall–Kier alpha value is -0.710. The molecule has 1 saturated heterocycles. The van der Waals surface area contributed by atoms with Gasteiger partial charge in [-0.1, -0.05) is 0 Å². The van der Waals surface area contributed by atoms with Gasteiger partial charge in [0.2, 0.25) is 0 Å². The van der Waals surface area contributed by atoms with Gasteiger partial charge in [0, 0.05) is 25.1 Å². The molecular formula is C12H21ClN4. The standard InChI is InChI=1S/C12H20N4.ClH/c1-10(12-8-14-5-6-15-12)16(2)9-11-3-4-13-7-11;/h5-6,8,10-11,13H,3-4,7,9H2,1-2H3;1H. The molecule has 2 rings (SSSR count). The van der Waals surface area contributed by atoms with Crippen LogP contribution in [0.1, 0.15) is 25.1 Å². The maximum Gasteiger partial charge on any atom is 0.0755 e. The van der Waals surface area contributed by atoms with E-state index in [2.05, 4.69) is 34.2 Å². The van der Waals surface area contributed by atoms with Gasteiger partial charge >= 0.3 is 0 Å². The molecule has 17 heavy (non-hydrogen) atoms. The van der Waals surface area contributed by atoms with Crippen LogP contribution in [-0.4, -0.2) is 41.5 Å². The molecule has 5 heteroatoms. The van der Waals surface area contributed by atoms with Gasteiger partial charge in [-0.2, -0.15) is 0 Å². The number of rotatable bonds is 4. The summed E-state index contributed by atoms with van der Waals surface area (Å²) in [6.45, 7) is 5.63. The van der Waals surface area contributed by atoms with Gasteiger partial charge in [0.05, 0.1) is 11.7 Å². The highest BCUT2D eigenvalue weighted by Crippen LogP contribution is 2.18. The Bertz CT molecular complexity index is 314. The summed E-state index contributed by atoms with van der Waals surface area (Å²) < 4.78 is 0. The third-order valence-electron chi connectivity index (χ3n) is 3.38. The van der Waals surface area contributed by atoms with E-state index in [0.29, 0.717) is 6.04 Å². The van der Waals surface area contributed by atoms with Gasteiger partial charge in [0.1, 0.15) is 0 Å². The van der Waals surface area contributed by atoms with Gasteiger partial charge in [-0.3, -0.25) is 14.9 Å². The van der Waals surface area contributed by atoms with E-state index >= 15 is 0 Å². The minimum Gasteiger partial charge on any atom is -0.316 e. The van der Waals surface area contributed by atoms with Gasteiger partial charge < -0.3 is 5.32 Å². The van der Waals surface area contributed by atoms with Crippen molar-refractivity contribution in [2.45, 2.75) is 19.4 Å². The minimum atomic E-state index is 0. The zero-order valence-electron chi connectivity index (χ0n) is 10.5. The zero-order chi connectivity index (χ0) is 11.4. The van der Waals surface area contributed by atoms with Gasteiger partial charge in [-0.05, 0) is 39.4 Å². The van der Waals surface area contributed by atoms with E-state index in [1.807, 2.05) is 6.20 Å².